The summed E-state index contributed by atoms with van der Waals surface area (Å²) in [6.07, 6.45) is 0.0301. The number of hydrogen-bond donors (Lipinski definition) is 2. The summed E-state index contributed by atoms with van der Waals surface area (Å²) in [6, 6.07) is 0.934. The maximum absolute atomic E-state index is 13.5. The number of carbonyl (C=O) groups excluding carboxylic acids is 1. The quantitative estimate of drug-likeness (QED) is 0.557. The lowest BCUT2D eigenvalue weighted by Crippen LogP contribution is -2.42. The van der Waals surface area contributed by atoms with Crippen LogP contribution in [-0.2, 0) is 24.7 Å². The molecular weight excluding hydrogens is 373 g/mol. The van der Waals surface area contributed by atoms with E-state index >= 15 is 0 Å². The van der Waals surface area contributed by atoms with E-state index in [1.807, 2.05) is 0 Å². The van der Waals surface area contributed by atoms with Crippen molar-refractivity contribution in [3.05, 3.63) is 29.6 Å². The normalized spacial score (nSPS) is 20.0. The van der Waals surface area contributed by atoms with Gasteiger partial charge in [0.25, 0.3) is 10.0 Å². The largest absolute Gasteiger partial charge is 0.278 e. The third-order valence-corrected chi connectivity index (χ3v) is 6.52. The Morgan fingerprint density at radius 1 is 1.21 bits per heavy atom. The number of hydrogen-bond acceptors (Lipinski definition) is 5. The van der Waals surface area contributed by atoms with Crippen LogP contribution in [0.5, 0.6) is 0 Å². The molecule has 1 amide bonds. The third-order valence-electron chi connectivity index (χ3n) is 3.41. The van der Waals surface area contributed by atoms with Gasteiger partial charge >= 0.3 is 0 Å². The van der Waals surface area contributed by atoms with Gasteiger partial charge in [-0.15, -0.1) is 4.83 Å². The van der Waals surface area contributed by atoms with Gasteiger partial charge in [0, 0.05) is 6.42 Å². The fourth-order valence-electron chi connectivity index (χ4n) is 2.24. The van der Waals surface area contributed by atoms with Crippen LogP contribution in [-0.4, -0.2) is 34.2 Å². The van der Waals surface area contributed by atoms with Crippen LogP contribution in [0.4, 0.5) is 13.2 Å². The zero-order valence-electron chi connectivity index (χ0n) is 12.1. The van der Waals surface area contributed by atoms with Crippen LogP contribution in [0.2, 0.25) is 0 Å². The molecule has 1 saturated heterocycles. The Morgan fingerprint density at radius 3 is 2.46 bits per heavy atom. The second-order valence-corrected chi connectivity index (χ2v) is 9.18. The van der Waals surface area contributed by atoms with Crippen LogP contribution >= 0.6 is 0 Å². The molecule has 2 rings (SSSR count). The molecule has 24 heavy (non-hydrogen) atoms. The van der Waals surface area contributed by atoms with Crippen LogP contribution in [0.3, 0.4) is 0 Å². The minimum absolute atomic E-state index is 0.0449. The SMILES string of the molecule is O=C(C[C@H]1CCS(=O)(=O)C1)NNS(=O)(=O)c1ccc(F)c(F)c1F. The predicted octanol–water partition coefficient (Wildman–Crippen LogP) is 0.238. The first-order chi connectivity index (χ1) is 11.0. The Balaban J connectivity index is 2.00. The maximum atomic E-state index is 13.5. The van der Waals surface area contributed by atoms with Crippen LogP contribution in [0.25, 0.3) is 0 Å². The van der Waals surface area contributed by atoms with Crippen molar-refractivity contribution in [2.45, 2.75) is 17.7 Å². The molecule has 2 N–H and O–H groups in total. The molecule has 0 spiro atoms. The first-order valence-corrected chi connectivity index (χ1v) is 9.97. The molecule has 12 heteroatoms. The standard InChI is InChI=1S/C12H13F3N2O5S2/c13-8-1-2-9(12(15)11(8)14)24(21,22)17-16-10(18)5-7-3-4-23(19,20)6-7/h1-2,7,17H,3-6H2,(H,16,18)/t7-/m1/s1. The van der Waals surface area contributed by atoms with E-state index in [0.717, 1.165) is 0 Å². The zero-order valence-corrected chi connectivity index (χ0v) is 13.7. The number of carbonyl (C=O) groups is 1. The van der Waals surface area contributed by atoms with E-state index in [0.29, 0.717) is 12.1 Å². The summed E-state index contributed by atoms with van der Waals surface area (Å²) >= 11 is 0. The van der Waals surface area contributed by atoms with Crippen molar-refractivity contribution in [1.82, 2.24) is 10.3 Å². The van der Waals surface area contributed by atoms with Gasteiger partial charge in [-0.3, -0.25) is 10.2 Å². The molecule has 1 aromatic rings. The molecule has 1 fully saturated rings. The van der Waals surface area contributed by atoms with E-state index in [1.165, 1.54) is 0 Å². The van der Waals surface area contributed by atoms with Crippen molar-refractivity contribution in [1.29, 1.82) is 0 Å². The fourth-order valence-corrected chi connectivity index (χ4v) is 5.03. The summed E-state index contributed by atoms with van der Waals surface area (Å²) in [5.74, 6) is -6.93. The van der Waals surface area contributed by atoms with Crippen molar-refractivity contribution in [3.63, 3.8) is 0 Å². The molecule has 1 heterocycles. The predicted molar refractivity (Wildman–Crippen MR) is 76.2 cm³/mol. The van der Waals surface area contributed by atoms with Gasteiger partial charge in [-0.2, -0.15) is 0 Å². The summed E-state index contributed by atoms with van der Waals surface area (Å²) in [6.45, 7) is 0. The first kappa shape index (κ1) is 18.7. The summed E-state index contributed by atoms with van der Waals surface area (Å²) in [7, 11) is -7.85. The van der Waals surface area contributed by atoms with Gasteiger partial charge < -0.3 is 0 Å². The molecular formula is C12H13F3N2O5S2. The van der Waals surface area contributed by atoms with E-state index in [-0.39, 0.29) is 24.3 Å². The summed E-state index contributed by atoms with van der Waals surface area (Å²) < 4.78 is 85.5. The van der Waals surface area contributed by atoms with Gasteiger partial charge in [0.15, 0.2) is 27.3 Å². The Bertz CT molecular complexity index is 871. The van der Waals surface area contributed by atoms with E-state index < -0.39 is 54.0 Å². The molecule has 7 nitrogen and oxygen atoms in total. The second-order valence-electron chi connectivity index (χ2n) is 5.30. The van der Waals surface area contributed by atoms with Gasteiger partial charge in [0.2, 0.25) is 5.91 Å². The molecule has 0 unspecified atom stereocenters. The lowest BCUT2D eigenvalue weighted by Gasteiger charge is -2.11. The Morgan fingerprint density at radius 2 is 1.88 bits per heavy atom. The topological polar surface area (TPSA) is 109 Å². The Labute approximate surface area is 136 Å². The van der Waals surface area contributed by atoms with Gasteiger partial charge in [-0.1, -0.05) is 0 Å². The highest BCUT2D eigenvalue weighted by molar-refractivity contribution is 7.91. The smallest absolute Gasteiger partial charge is 0.260 e. The van der Waals surface area contributed by atoms with Crippen molar-refractivity contribution >= 4 is 25.8 Å². The highest BCUT2D eigenvalue weighted by Gasteiger charge is 2.30. The molecule has 1 aromatic carbocycles. The van der Waals surface area contributed by atoms with E-state index in [2.05, 4.69) is 0 Å². The number of rotatable bonds is 5. The number of nitrogens with one attached hydrogen (secondary N) is 2. The number of sulfone groups is 1. The van der Waals surface area contributed by atoms with E-state index in [4.69, 9.17) is 0 Å². The average molecular weight is 386 g/mol. The molecule has 1 aliphatic heterocycles. The Hall–Kier alpha value is -1.66. The van der Waals surface area contributed by atoms with E-state index in [1.54, 1.807) is 10.3 Å². The van der Waals surface area contributed by atoms with Gasteiger partial charge in [0.1, 0.15) is 4.90 Å². The number of halogens is 3. The van der Waals surface area contributed by atoms with Gasteiger partial charge in [-0.25, -0.2) is 30.0 Å². The Kier molecular flexibility index (Phi) is 5.20. The van der Waals surface area contributed by atoms with Crippen LogP contribution in [0.1, 0.15) is 12.8 Å². The monoisotopic (exact) mass is 386 g/mol. The minimum atomic E-state index is -4.66. The molecule has 134 valence electrons. The van der Waals surface area contributed by atoms with Crippen molar-refractivity contribution in [3.8, 4) is 0 Å². The second kappa shape index (κ2) is 6.69. The van der Waals surface area contributed by atoms with Crippen molar-refractivity contribution in [2.75, 3.05) is 11.5 Å². The third kappa shape index (κ3) is 4.24. The van der Waals surface area contributed by atoms with Crippen molar-refractivity contribution < 1.29 is 34.8 Å². The summed E-state index contributed by atoms with van der Waals surface area (Å²) in [5.41, 5.74) is 1.78. The highest BCUT2D eigenvalue weighted by Crippen LogP contribution is 2.21. The number of hydrazine groups is 1. The number of sulfonamides is 1. The van der Waals surface area contributed by atoms with Gasteiger partial charge in [-0.05, 0) is 24.5 Å². The first-order valence-electron chi connectivity index (χ1n) is 6.66. The molecule has 0 bridgehead atoms. The summed E-state index contributed by atoms with van der Waals surface area (Å²) in [5, 5.41) is 0. The average Bonchev–Trinajstić information content (AvgIpc) is 2.81. The molecule has 0 saturated carbocycles. The van der Waals surface area contributed by atoms with Crippen LogP contribution in [0.15, 0.2) is 17.0 Å². The van der Waals surface area contributed by atoms with Crippen LogP contribution in [0, 0.1) is 23.4 Å². The molecule has 0 aliphatic carbocycles. The van der Waals surface area contributed by atoms with Crippen molar-refractivity contribution in [2.24, 2.45) is 5.92 Å². The van der Waals surface area contributed by atoms with Gasteiger partial charge in [0.05, 0.1) is 11.5 Å². The number of benzene rings is 1. The molecule has 1 aliphatic rings. The zero-order chi connectivity index (χ0) is 18.1. The fraction of sp³-hybridized carbons (Fsp3) is 0.417. The highest BCUT2D eigenvalue weighted by atomic mass is 32.2. The summed E-state index contributed by atoms with van der Waals surface area (Å²) in [4.78, 5) is 12.0. The lowest BCUT2D eigenvalue weighted by molar-refractivity contribution is -0.122. The molecule has 1 atom stereocenters. The molecule has 0 aromatic heterocycles. The maximum Gasteiger partial charge on any atom is 0.260 e. The number of amides is 1. The van der Waals surface area contributed by atoms with E-state index in [9.17, 15) is 34.8 Å². The van der Waals surface area contributed by atoms with Crippen LogP contribution < -0.4 is 10.3 Å². The molecule has 0 radical (unpaired) electrons. The minimum Gasteiger partial charge on any atom is -0.278 e. The lowest BCUT2D eigenvalue weighted by atomic mass is 10.1.